The minimum absolute atomic E-state index is 0.236. The molecule has 142 valence electrons. The lowest BCUT2D eigenvalue weighted by Crippen LogP contribution is -2.54. The van der Waals surface area contributed by atoms with Crippen LogP contribution in [-0.2, 0) is 4.79 Å². The van der Waals surface area contributed by atoms with Crippen LogP contribution in [0.1, 0.15) is 31.2 Å². The van der Waals surface area contributed by atoms with Crippen LogP contribution < -0.4 is 10.2 Å². The van der Waals surface area contributed by atoms with E-state index in [1.165, 1.54) is 36.9 Å². The van der Waals surface area contributed by atoms with E-state index in [0.29, 0.717) is 18.6 Å². The number of carbonyl (C=O) groups excluding carboxylic acids is 1. The van der Waals surface area contributed by atoms with E-state index >= 15 is 0 Å². The highest BCUT2D eigenvalue weighted by molar-refractivity contribution is 5.96. The third-order valence-corrected chi connectivity index (χ3v) is 6.01. The fraction of sp³-hybridized carbons (Fsp3) is 0.435. The average Bonchev–Trinajstić information content (AvgIpc) is 2.70. The van der Waals surface area contributed by atoms with Gasteiger partial charge in [-0.15, -0.1) is 0 Å². The van der Waals surface area contributed by atoms with Crippen molar-refractivity contribution in [2.24, 2.45) is 0 Å². The lowest BCUT2D eigenvalue weighted by Gasteiger charge is -2.42. The Labute approximate surface area is 162 Å². The number of nitrogens with zero attached hydrogens (tertiary/aromatic N) is 2. The smallest absolute Gasteiger partial charge is 0.241 e. The van der Waals surface area contributed by atoms with Gasteiger partial charge in [0.15, 0.2) is 0 Å². The van der Waals surface area contributed by atoms with E-state index in [-0.39, 0.29) is 5.91 Å². The molecule has 0 aromatic heterocycles. The molecule has 4 nitrogen and oxygen atoms in total. The molecule has 0 spiro atoms. The molecular weight excluding hydrogens is 334 g/mol. The van der Waals surface area contributed by atoms with Gasteiger partial charge in [0.05, 0.1) is 6.54 Å². The Balaban J connectivity index is 1.30. The maximum absolute atomic E-state index is 12.8. The van der Waals surface area contributed by atoms with Crippen molar-refractivity contribution in [3.05, 3.63) is 60.2 Å². The molecule has 1 saturated heterocycles. The maximum Gasteiger partial charge on any atom is 0.241 e. The lowest BCUT2D eigenvalue weighted by atomic mass is 9.89. The Bertz CT molecular complexity index is 768. The third kappa shape index (κ3) is 4.16. The highest BCUT2D eigenvalue weighted by Gasteiger charge is 2.32. The van der Waals surface area contributed by atoms with Crippen molar-refractivity contribution in [3.63, 3.8) is 0 Å². The van der Waals surface area contributed by atoms with Crippen molar-refractivity contribution < 1.29 is 4.79 Å². The Morgan fingerprint density at radius 1 is 0.889 bits per heavy atom. The van der Waals surface area contributed by atoms with Gasteiger partial charge >= 0.3 is 0 Å². The highest BCUT2D eigenvalue weighted by Crippen LogP contribution is 2.28. The maximum atomic E-state index is 12.8. The number of piperazine rings is 1. The first-order chi connectivity index (χ1) is 13.2. The molecule has 1 heterocycles. The normalized spacial score (nSPS) is 24.0. The summed E-state index contributed by atoms with van der Waals surface area (Å²) in [6, 6.07) is 19.8. The zero-order valence-electron chi connectivity index (χ0n) is 16.1. The molecule has 2 aromatic carbocycles. The van der Waals surface area contributed by atoms with Gasteiger partial charge in [0, 0.05) is 36.5 Å². The molecule has 2 aliphatic rings. The van der Waals surface area contributed by atoms with Crippen molar-refractivity contribution in [1.29, 1.82) is 0 Å². The predicted octanol–water partition coefficient (Wildman–Crippen LogP) is 4.07. The zero-order chi connectivity index (χ0) is 18.6. The van der Waals surface area contributed by atoms with Crippen LogP contribution in [0.25, 0.3) is 0 Å². The number of carbonyl (C=O) groups is 1. The molecule has 0 unspecified atom stereocenters. The zero-order valence-corrected chi connectivity index (χ0v) is 16.1. The van der Waals surface area contributed by atoms with Gasteiger partial charge in [0.1, 0.15) is 0 Å². The summed E-state index contributed by atoms with van der Waals surface area (Å²) in [6.07, 6.45) is 4.68. The number of nitrogens with one attached hydrogen (secondary N) is 1. The molecule has 0 bridgehead atoms. The van der Waals surface area contributed by atoms with E-state index in [1.807, 2.05) is 17.0 Å². The quantitative estimate of drug-likeness (QED) is 0.889. The van der Waals surface area contributed by atoms with Crippen molar-refractivity contribution in [1.82, 2.24) is 4.90 Å². The minimum atomic E-state index is 0.236. The van der Waals surface area contributed by atoms with Gasteiger partial charge in [-0.3, -0.25) is 9.69 Å². The molecular formula is C23H29N3O. The topological polar surface area (TPSA) is 35.6 Å². The molecule has 4 rings (SSSR count). The first-order valence-corrected chi connectivity index (χ1v) is 10.1. The van der Waals surface area contributed by atoms with E-state index in [9.17, 15) is 4.79 Å². The summed E-state index contributed by atoms with van der Waals surface area (Å²) in [7, 11) is 0. The van der Waals surface area contributed by atoms with Crippen LogP contribution in [0.2, 0.25) is 0 Å². The summed E-state index contributed by atoms with van der Waals surface area (Å²) in [4.78, 5) is 17.2. The number of anilines is 2. The van der Waals surface area contributed by atoms with E-state index in [2.05, 4.69) is 59.6 Å². The second kappa shape index (κ2) is 8.13. The Hall–Kier alpha value is -2.33. The molecule has 1 amide bonds. The Morgan fingerprint density at radius 3 is 2.30 bits per heavy atom. The fourth-order valence-electron chi connectivity index (χ4n) is 4.48. The van der Waals surface area contributed by atoms with Gasteiger partial charge in [-0.2, -0.15) is 0 Å². The highest BCUT2D eigenvalue weighted by atomic mass is 16.2. The number of rotatable bonds is 4. The van der Waals surface area contributed by atoms with Crippen LogP contribution in [0, 0.1) is 6.92 Å². The second-order valence-corrected chi connectivity index (χ2v) is 7.82. The third-order valence-electron chi connectivity index (χ3n) is 6.01. The number of aryl methyl sites for hydroxylation is 1. The van der Waals surface area contributed by atoms with Crippen LogP contribution in [0.4, 0.5) is 11.4 Å². The monoisotopic (exact) mass is 363 g/mol. The van der Waals surface area contributed by atoms with Gasteiger partial charge in [0.2, 0.25) is 5.91 Å². The SMILES string of the molecule is Cc1ccccc1N1CCN([C@H]2CC[C@H](Nc3ccccc3)CC2)CC1=O. The number of hydrogen-bond acceptors (Lipinski definition) is 3. The van der Waals surface area contributed by atoms with E-state index in [0.717, 1.165) is 18.8 Å². The van der Waals surface area contributed by atoms with Gasteiger partial charge in [0.25, 0.3) is 0 Å². The average molecular weight is 364 g/mol. The first-order valence-electron chi connectivity index (χ1n) is 10.1. The molecule has 0 radical (unpaired) electrons. The molecule has 2 fully saturated rings. The Morgan fingerprint density at radius 2 is 1.59 bits per heavy atom. The summed E-state index contributed by atoms with van der Waals surface area (Å²) in [5.41, 5.74) is 3.45. The van der Waals surface area contributed by atoms with E-state index in [1.54, 1.807) is 0 Å². The predicted molar refractivity (Wildman–Crippen MR) is 111 cm³/mol. The van der Waals surface area contributed by atoms with Gasteiger partial charge in [-0.05, 0) is 56.4 Å². The molecule has 1 aliphatic carbocycles. The summed E-state index contributed by atoms with van der Waals surface area (Å²) in [6.45, 7) is 4.40. The first kappa shape index (κ1) is 18.1. The van der Waals surface area contributed by atoms with Crippen molar-refractivity contribution in [3.8, 4) is 0 Å². The van der Waals surface area contributed by atoms with Crippen LogP contribution >= 0.6 is 0 Å². The molecule has 2 aromatic rings. The molecule has 1 saturated carbocycles. The van der Waals surface area contributed by atoms with E-state index in [4.69, 9.17) is 0 Å². The number of benzene rings is 2. The van der Waals surface area contributed by atoms with Crippen molar-refractivity contribution in [2.75, 3.05) is 29.9 Å². The number of para-hydroxylation sites is 2. The summed E-state index contributed by atoms with van der Waals surface area (Å²) in [5, 5.41) is 3.65. The van der Waals surface area contributed by atoms with Crippen molar-refractivity contribution >= 4 is 17.3 Å². The Kier molecular flexibility index (Phi) is 5.44. The van der Waals surface area contributed by atoms with Crippen LogP contribution in [0.15, 0.2) is 54.6 Å². The van der Waals surface area contributed by atoms with E-state index < -0.39 is 0 Å². The molecule has 1 N–H and O–H groups in total. The standard InChI is InChI=1S/C23H29N3O/c1-18-7-5-6-10-22(18)26-16-15-25(17-23(26)27)21-13-11-20(12-14-21)24-19-8-3-2-4-9-19/h2-10,20-21,24H,11-17H2,1H3/t20-,21-. The van der Waals surface area contributed by atoms with Gasteiger partial charge in [-0.25, -0.2) is 0 Å². The summed E-state index contributed by atoms with van der Waals surface area (Å²) < 4.78 is 0. The second-order valence-electron chi connectivity index (χ2n) is 7.82. The lowest BCUT2D eigenvalue weighted by molar-refractivity contribution is -0.122. The number of hydrogen-bond donors (Lipinski definition) is 1. The number of amides is 1. The molecule has 27 heavy (non-hydrogen) atoms. The van der Waals surface area contributed by atoms with Crippen LogP contribution in [0.5, 0.6) is 0 Å². The molecule has 4 heteroatoms. The van der Waals surface area contributed by atoms with Crippen LogP contribution in [-0.4, -0.2) is 42.5 Å². The van der Waals surface area contributed by atoms with Gasteiger partial charge in [-0.1, -0.05) is 36.4 Å². The summed E-state index contributed by atoms with van der Waals surface area (Å²) >= 11 is 0. The van der Waals surface area contributed by atoms with Gasteiger partial charge < -0.3 is 10.2 Å². The largest absolute Gasteiger partial charge is 0.382 e. The fourth-order valence-corrected chi connectivity index (χ4v) is 4.48. The minimum Gasteiger partial charge on any atom is -0.382 e. The molecule has 0 atom stereocenters. The van der Waals surface area contributed by atoms with Crippen LogP contribution in [0.3, 0.4) is 0 Å². The van der Waals surface area contributed by atoms with Crippen molar-refractivity contribution in [2.45, 2.75) is 44.7 Å². The molecule has 1 aliphatic heterocycles. The summed E-state index contributed by atoms with van der Waals surface area (Å²) in [5.74, 6) is 0.236.